The maximum absolute atomic E-state index is 11.8. The van der Waals surface area contributed by atoms with Crippen LogP contribution < -0.4 is 10.0 Å². The number of aryl methyl sites for hydroxylation is 1. The van der Waals surface area contributed by atoms with Crippen LogP contribution in [-0.2, 0) is 10.0 Å². The molecule has 1 rings (SSSR count). The Morgan fingerprint density at radius 3 is 2.74 bits per heavy atom. The summed E-state index contributed by atoms with van der Waals surface area (Å²) >= 11 is 0. The summed E-state index contributed by atoms with van der Waals surface area (Å²) in [6.45, 7) is 5.80. The Balaban J connectivity index is 2.32. The van der Waals surface area contributed by atoms with Gasteiger partial charge in [0.15, 0.2) is 0 Å². The molecule has 5 nitrogen and oxygen atoms in total. The molecule has 0 saturated heterocycles. The van der Waals surface area contributed by atoms with Crippen molar-refractivity contribution >= 4 is 15.7 Å². The number of nitrogens with one attached hydrogen (secondary N) is 2. The molecule has 0 unspecified atom stereocenters. The molecule has 0 spiro atoms. The maximum Gasteiger partial charge on any atom is 0.232 e. The van der Waals surface area contributed by atoms with Gasteiger partial charge in [-0.05, 0) is 51.4 Å². The van der Waals surface area contributed by atoms with Crippen LogP contribution in [0.1, 0.15) is 31.9 Å². The lowest BCUT2D eigenvalue weighted by Crippen LogP contribution is -2.20. The fourth-order valence-electron chi connectivity index (χ4n) is 1.68. The fourth-order valence-corrected chi connectivity index (χ4v) is 2.86. The molecular weight excluding hydrogens is 262 g/mol. The fraction of sp³-hybridized carbons (Fsp3) is 0.615. The number of sulfonamides is 1. The van der Waals surface area contributed by atoms with Crippen LogP contribution in [0, 0.1) is 6.92 Å². The first kappa shape index (κ1) is 15.9. The summed E-state index contributed by atoms with van der Waals surface area (Å²) in [4.78, 5) is 4.03. The van der Waals surface area contributed by atoms with Crippen LogP contribution in [-0.4, -0.2) is 32.2 Å². The minimum atomic E-state index is -3.25. The summed E-state index contributed by atoms with van der Waals surface area (Å²) in [5.74, 6) is 0.155. The molecule has 0 radical (unpaired) electrons. The van der Waals surface area contributed by atoms with Gasteiger partial charge in [0.1, 0.15) is 0 Å². The second kappa shape index (κ2) is 8.12. The van der Waals surface area contributed by atoms with Gasteiger partial charge in [0.05, 0.1) is 11.4 Å². The van der Waals surface area contributed by atoms with E-state index in [9.17, 15) is 8.42 Å². The highest BCUT2D eigenvalue weighted by atomic mass is 32.2. The first-order chi connectivity index (χ1) is 9.03. The average molecular weight is 285 g/mol. The van der Waals surface area contributed by atoms with Gasteiger partial charge in [0, 0.05) is 11.9 Å². The number of aromatic nitrogens is 1. The molecule has 108 valence electrons. The molecule has 0 bridgehead atoms. The number of unbranched alkanes of at least 4 members (excludes halogenated alkanes) is 1. The zero-order chi connectivity index (χ0) is 14.1. The molecule has 2 N–H and O–H groups in total. The average Bonchev–Trinajstić information content (AvgIpc) is 2.33. The highest BCUT2D eigenvalue weighted by molar-refractivity contribution is 7.92. The third kappa shape index (κ3) is 7.12. The van der Waals surface area contributed by atoms with E-state index in [4.69, 9.17) is 0 Å². The molecule has 19 heavy (non-hydrogen) atoms. The Morgan fingerprint density at radius 2 is 2.05 bits per heavy atom. The van der Waals surface area contributed by atoms with Gasteiger partial charge in [0.2, 0.25) is 10.0 Å². The van der Waals surface area contributed by atoms with Gasteiger partial charge < -0.3 is 5.32 Å². The molecule has 1 heterocycles. The predicted octanol–water partition coefficient (Wildman–Crippen LogP) is 1.91. The minimum absolute atomic E-state index is 0.155. The number of pyridine rings is 1. The lowest BCUT2D eigenvalue weighted by Gasteiger charge is -2.08. The van der Waals surface area contributed by atoms with Crippen LogP contribution in [0.5, 0.6) is 0 Å². The first-order valence-corrected chi connectivity index (χ1v) is 8.32. The molecule has 0 aliphatic heterocycles. The highest BCUT2D eigenvalue weighted by Crippen LogP contribution is 2.10. The zero-order valence-corrected chi connectivity index (χ0v) is 12.5. The molecule has 0 amide bonds. The molecule has 0 saturated carbocycles. The summed E-state index contributed by atoms with van der Waals surface area (Å²) in [6, 6.07) is 3.38. The van der Waals surface area contributed by atoms with Crippen molar-refractivity contribution < 1.29 is 8.42 Å². The van der Waals surface area contributed by atoms with Crippen molar-refractivity contribution in [3.05, 3.63) is 24.0 Å². The van der Waals surface area contributed by atoms with Gasteiger partial charge in [-0.25, -0.2) is 8.42 Å². The molecule has 0 aliphatic rings. The Labute approximate surface area is 115 Å². The summed E-state index contributed by atoms with van der Waals surface area (Å²) in [7, 11) is -3.25. The molecule has 0 fully saturated rings. The van der Waals surface area contributed by atoms with Crippen LogP contribution in [0.15, 0.2) is 18.3 Å². The van der Waals surface area contributed by atoms with E-state index in [1.165, 1.54) is 0 Å². The van der Waals surface area contributed by atoms with E-state index >= 15 is 0 Å². The van der Waals surface area contributed by atoms with Crippen molar-refractivity contribution in [2.75, 3.05) is 23.6 Å². The summed E-state index contributed by atoms with van der Waals surface area (Å²) in [5.41, 5.74) is 1.38. The second-order valence-electron chi connectivity index (χ2n) is 4.56. The van der Waals surface area contributed by atoms with E-state index in [2.05, 4.69) is 21.9 Å². The standard InChI is InChI=1S/C13H23N3O2S/c1-3-7-14-8-4-5-10-19(17,18)16-13-6-9-15-12(2)11-13/h6,9,11,14H,3-5,7-8,10H2,1-2H3,(H,15,16). The molecule has 0 atom stereocenters. The Bertz CT molecular complexity index is 475. The van der Waals surface area contributed by atoms with Crippen LogP contribution in [0.4, 0.5) is 5.69 Å². The van der Waals surface area contributed by atoms with E-state index < -0.39 is 10.0 Å². The van der Waals surface area contributed by atoms with Gasteiger partial charge in [-0.1, -0.05) is 6.92 Å². The molecule has 1 aromatic rings. The number of rotatable bonds is 9. The third-order valence-corrected chi connectivity index (χ3v) is 3.99. The van der Waals surface area contributed by atoms with Crippen molar-refractivity contribution in [1.82, 2.24) is 10.3 Å². The van der Waals surface area contributed by atoms with Crippen LogP contribution in [0.3, 0.4) is 0 Å². The Morgan fingerprint density at radius 1 is 1.26 bits per heavy atom. The lowest BCUT2D eigenvalue weighted by molar-refractivity contribution is 0.590. The Kier molecular flexibility index (Phi) is 6.80. The van der Waals surface area contributed by atoms with E-state index in [0.717, 1.165) is 31.6 Å². The molecule has 0 aromatic carbocycles. The van der Waals surface area contributed by atoms with Gasteiger partial charge in [0.25, 0.3) is 0 Å². The van der Waals surface area contributed by atoms with Crippen molar-refractivity contribution in [1.29, 1.82) is 0 Å². The lowest BCUT2D eigenvalue weighted by atomic mass is 10.3. The van der Waals surface area contributed by atoms with Crippen LogP contribution in [0.25, 0.3) is 0 Å². The van der Waals surface area contributed by atoms with Gasteiger partial charge in [-0.3, -0.25) is 9.71 Å². The number of nitrogens with zero attached hydrogens (tertiary/aromatic N) is 1. The summed E-state index contributed by atoms with van der Waals surface area (Å²) in [5, 5.41) is 3.25. The SMILES string of the molecule is CCCNCCCCS(=O)(=O)Nc1ccnc(C)c1. The van der Waals surface area contributed by atoms with Crippen LogP contribution >= 0.6 is 0 Å². The zero-order valence-electron chi connectivity index (χ0n) is 11.6. The number of hydrogen-bond acceptors (Lipinski definition) is 4. The number of hydrogen-bond donors (Lipinski definition) is 2. The third-order valence-electron chi connectivity index (χ3n) is 2.61. The molecule has 0 aliphatic carbocycles. The van der Waals surface area contributed by atoms with Gasteiger partial charge >= 0.3 is 0 Å². The quantitative estimate of drug-likeness (QED) is 0.680. The summed E-state index contributed by atoms with van der Waals surface area (Å²) in [6.07, 6.45) is 4.23. The first-order valence-electron chi connectivity index (χ1n) is 6.67. The van der Waals surface area contributed by atoms with E-state index in [-0.39, 0.29) is 5.75 Å². The topological polar surface area (TPSA) is 71.1 Å². The van der Waals surface area contributed by atoms with Crippen molar-refractivity contribution in [3.8, 4) is 0 Å². The monoisotopic (exact) mass is 285 g/mol. The largest absolute Gasteiger partial charge is 0.317 e. The minimum Gasteiger partial charge on any atom is -0.317 e. The molecular formula is C13H23N3O2S. The van der Waals surface area contributed by atoms with Crippen LogP contribution in [0.2, 0.25) is 0 Å². The maximum atomic E-state index is 11.8. The van der Waals surface area contributed by atoms with E-state index in [0.29, 0.717) is 12.1 Å². The van der Waals surface area contributed by atoms with E-state index in [1.807, 2.05) is 6.92 Å². The second-order valence-corrected chi connectivity index (χ2v) is 6.41. The van der Waals surface area contributed by atoms with Gasteiger partial charge in [-0.2, -0.15) is 0 Å². The smallest absolute Gasteiger partial charge is 0.232 e. The molecule has 6 heteroatoms. The normalized spacial score (nSPS) is 11.5. The van der Waals surface area contributed by atoms with E-state index in [1.54, 1.807) is 18.3 Å². The van der Waals surface area contributed by atoms with Crippen molar-refractivity contribution in [2.24, 2.45) is 0 Å². The molecule has 1 aromatic heterocycles. The summed E-state index contributed by atoms with van der Waals surface area (Å²) < 4.78 is 26.3. The Hall–Kier alpha value is -1.14. The number of anilines is 1. The van der Waals surface area contributed by atoms with Gasteiger partial charge in [-0.15, -0.1) is 0 Å². The predicted molar refractivity (Wildman–Crippen MR) is 78.8 cm³/mol. The van der Waals surface area contributed by atoms with Crippen molar-refractivity contribution in [3.63, 3.8) is 0 Å². The van der Waals surface area contributed by atoms with Crippen molar-refractivity contribution in [2.45, 2.75) is 33.1 Å². The highest BCUT2D eigenvalue weighted by Gasteiger charge is 2.09.